The lowest BCUT2D eigenvalue weighted by Crippen LogP contribution is -2.24. The molecule has 0 saturated heterocycles. The second kappa shape index (κ2) is 6.05. The quantitative estimate of drug-likeness (QED) is 0.874. The van der Waals surface area contributed by atoms with Crippen LogP contribution in [0, 0.1) is 0 Å². The Morgan fingerprint density at radius 2 is 1.89 bits per heavy atom. The molecule has 2 rings (SSSR count). The fraction of sp³-hybridized carbons (Fsp3) is 0.267. The predicted molar refractivity (Wildman–Crippen MR) is 76.4 cm³/mol. The molecule has 3 heteroatoms. The first-order chi connectivity index (χ1) is 8.79. The highest BCUT2D eigenvalue weighted by molar-refractivity contribution is 5.46. The fourth-order valence-corrected chi connectivity index (χ4v) is 1.93. The minimum atomic E-state index is 0.704. The van der Waals surface area contributed by atoms with Gasteiger partial charge in [-0.05, 0) is 24.1 Å². The zero-order valence-electron chi connectivity index (χ0n) is 10.7. The molecule has 0 aliphatic heterocycles. The Kier molecular flexibility index (Phi) is 4.18. The van der Waals surface area contributed by atoms with Gasteiger partial charge < -0.3 is 10.6 Å². The van der Waals surface area contributed by atoms with Crippen LogP contribution in [0.1, 0.15) is 18.9 Å². The molecule has 0 fully saturated rings. The van der Waals surface area contributed by atoms with Crippen molar-refractivity contribution in [1.29, 1.82) is 0 Å². The van der Waals surface area contributed by atoms with Gasteiger partial charge in [0, 0.05) is 13.1 Å². The molecule has 0 amide bonds. The minimum absolute atomic E-state index is 0.704. The number of hydrogen-bond donors (Lipinski definition) is 1. The summed E-state index contributed by atoms with van der Waals surface area (Å²) in [6, 6.07) is 14.3. The molecule has 0 atom stereocenters. The van der Waals surface area contributed by atoms with Gasteiger partial charge in [0.25, 0.3) is 0 Å². The Labute approximate surface area is 108 Å². The topological polar surface area (TPSA) is 42.1 Å². The van der Waals surface area contributed by atoms with E-state index in [0.29, 0.717) is 5.69 Å². The molecule has 2 aromatic rings. The van der Waals surface area contributed by atoms with Crippen molar-refractivity contribution >= 4 is 11.5 Å². The van der Waals surface area contributed by atoms with Crippen LogP contribution in [0.4, 0.5) is 11.5 Å². The number of pyridine rings is 1. The largest absolute Gasteiger partial charge is 0.397 e. The Morgan fingerprint density at radius 3 is 2.50 bits per heavy atom. The van der Waals surface area contributed by atoms with Crippen molar-refractivity contribution in [2.75, 3.05) is 17.2 Å². The predicted octanol–water partition coefficient (Wildman–Crippen LogP) is 3.08. The third kappa shape index (κ3) is 3.23. The van der Waals surface area contributed by atoms with Gasteiger partial charge in [-0.1, -0.05) is 37.3 Å². The van der Waals surface area contributed by atoms with E-state index in [-0.39, 0.29) is 0 Å². The average Bonchev–Trinajstić information content (AvgIpc) is 2.40. The summed E-state index contributed by atoms with van der Waals surface area (Å²) in [5.41, 5.74) is 7.67. The van der Waals surface area contributed by atoms with Crippen LogP contribution in [0.5, 0.6) is 0 Å². The molecule has 0 aliphatic carbocycles. The highest BCUT2D eigenvalue weighted by Crippen LogP contribution is 2.16. The van der Waals surface area contributed by atoms with E-state index in [4.69, 9.17) is 5.73 Å². The summed E-state index contributed by atoms with van der Waals surface area (Å²) >= 11 is 0. The van der Waals surface area contributed by atoms with E-state index in [0.717, 1.165) is 25.3 Å². The van der Waals surface area contributed by atoms with Gasteiger partial charge in [-0.2, -0.15) is 0 Å². The second-order valence-corrected chi connectivity index (χ2v) is 4.36. The van der Waals surface area contributed by atoms with Crippen LogP contribution < -0.4 is 10.6 Å². The van der Waals surface area contributed by atoms with Crippen LogP contribution in [0.15, 0.2) is 48.7 Å². The van der Waals surface area contributed by atoms with Crippen molar-refractivity contribution < 1.29 is 0 Å². The lowest BCUT2D eigenvalue weighted by atomic mass is 10.2. The maximum absolute atomic E-state index is 5.67. The summed E-state index contributed by atoms with van der Waals surface area (Å²) in [5, 5.41) is 0. The molecule has 1 aromatic heterocycles. The number of benzene rings is 1. The van der Waals surface area contributed by atoms with E-state index in [1.807, 2.05) is 18.2 Å². The van der Waals surface area contributed by atoms with E-state index >= 15 is 0 Å². The molecule has 0 spiro atoms. The molecule has 0 saturated carbocycles. The maximum Gasteiger partial charge on any atom is 0.128 e. The van der Waals surface area contributed by atoms with Gasteiger partial charge in [0.1, 0.15) is 5.82 Å². The number of aromatic nitrogens is 1. The number of hydrogen-bond acceptors (Lipinski definition) is 3. The first-order valence-corrected chi connectivity index (χ1v) is 6.30. The van der Waals surface area contributed by atoms with Crippen LogP contribution in [0.2, 0.25) is 0 Å². The van der Waals surface area contributed by atoms with Gasteiger partial charge in [0.05, 0.1) is 11.9 Å². The summed E-state index contributed by atoms with van der Waals surface area (Å²) in [7, 11) is 0. The van der Waals surface area contributed by atoms with E-state index in [2.05, 4.69) is 41.1 Å². The van der Waals surface area contributed by atoms with E-state index in [1.54, 1.807) is 6.20 Å². The smallest absolute Gasteiger partial charge is 0.128 e. The molecule has 1 heterocycles. The highest BCUT2D eigenvalue weighted by Gasteiger charge is 2.07. The molecule has 0 bridgehead atoms. The molecular weight excluding hydrogens is 222 g/mol. The SMILES string of the molecule is CCCN(Cc1ccccc1)c1ccc(N)cn1. The van der Waals surface area contributed by atoms with Crippen LogP contribution in [0.3, 0.4) is 0 Å². The minimum Gasteiger partial charge on any atom is -0.397 e. The van der Waals surface area contributed by atoms with Gasteiger partial charge in [-0.25, -0.2) is 4.98 Å². The first-order valence-electron chi connectivity index (χ1n) is 6.30. The Morgan fingerprint density at radius 1 is 1.11 bits per heavy atom. The normalized spacial score (nSPS) is 10.3. The van der Waals surface area contributed by atoms with Crippen molar-refractivity contribution in [3.63, 3.8) is 0 Å². The van der Waals surface area contributed by atoms with Gasteiger partial charge in [-0.15, -0.1) is 0 Å². The number of nitrogen functional groups attached to an aromatic ring is 1. The van der Waals surface area contributed by atoms with E-state index < -0.39 is 0 Å². The Bertz CT molecular complexity index is 465. The van der Waals surface area contributed by atoms with Gasteiger partial charge in [-0.3, -0.25) is 0 Å². The number of rotatable bonds is 5. The summed E-state index contributed by atoms with van der Waals surface area (Å²) in [6.07, 6.45) is 2.81. The van der Waals surface area contributed by atoms with Crippen LogP contribution in [-0.4, -0.2) is 11.5 Å². The second-order valence-electron chi connectivity index (χ2n) is 4.36. The van der Waals surface area contributed by atoms with Gasteiger partial charge in [0.2, 0.25) is 0 Å². The summed E-state index contributed by atoms with van der Waals surface area (Å²) in [4.78, 5) is 6.67. The summed E-state index contributed by atoms with van der Waals surface area (Å²) < 4.78 is 0. The van der Waals surface area contributed by atoms with E-state index in [9.17, 15) is 0 Å². The standard InChI is InChI=1S/C15H19N3/c1-2-10-18(12-13-6-4-3-5-7-13)15-9-8-14(16)11-17-15/h3-9,11H,2,10,12,16H2,1H3. The van der Waals surface area contributed by atoms with Crippen LogP contribution in [0.25, 0.3) is 0 Å². The monoisotopic (exact) mass is 241 g/mol. The molecular formula is C15H19N3. The van der Waals surface area contributed by atoms with Crippen LogP contribution >= 0.6 is 0 Å². The van der Waals surface area contributed by atoms with Gasteiger partial charge in [0.15, 0.2) is 0 Å². The highest BCUT2D eigenvalue weighted by atomic mass is 15.2. The van der Waals surface area contributed by atoms with Crippen molar-refractivity contribution in [3.05, 3.63) is 54.2 Å². The van der Waals surface area contributed by atoms with Gasteiger partial charge >= 0.3 is 0 Å². The van der Waals surface area contributed by atoms with Crippen LogP contribution in [-0.2, 0) is 6.54 Å². The third-order valence-corrected chi connectivity index (χ3v) is 2.80. The van der Waals surface area contributed by atoms with Crippen molar-refractivity contribution in [1.82, 2.24) is 4.98 Å². The fourth-order valence-electron chi connectivity index (χ4n) is 1.93. The molecule has 3 nitrogen and oxygen atoms in total. The summed E-state index contributed by atoms with van der Waals surface area (Å²) in [5.74, 6) is 0.981. The average molecular weight is 241 g/mol. The molecule has 0 radical (unpaired) electrons. The first kappa shape index (κ1) is 12.4. The van der Waals surface area contributed by atoms with E-state index in [1.165, 1.54) is 5.56 Å². The Hall–Kier alpha value is -2.03. The molecule has 0 unspecified atom stereocenters. The van der Waals surface area contributed by atoms with Crippen molar-refractivity contribution in [3.8, 4) is 0 Å². The zero-order chi connectivity index (χ0) is 12.8. The Balaban J connectivity index is 2.15. The third-order valence-electron chi connectivity index (χ3n) is 2.80. The van der Waals surface area contributed by atoms with Crippen molar-refractivity contribution in [2.45, 2.75) is 19.9 Å². The molecule has 0 aliphatic rings. The van der Waals surface area contributed by atoms with Crippen molar-refractivity contribution in [2.24, 2.45) is 0 Å². The molecule has 18 heavy (non-hydrogen) atoms. The lowest BCUT2D eigenvalue weighted by Gasteiger charge is -2.23. The maximum atomic E-state index is 5.67. The molecule has 94 valence electrons. The summed E-state index contributed by atoms with van der Waals surface area (Å²) in [6.45, 7) is 4.05. The zero-order valence-corrected chi connectivity index (χ0v) is 10.7. The number of nitrogens with two attached hydrogens (primary N) is 1. The lowest BCUT2D eigenvalue weighted by molar-refractivity contribution is 0.755. The number of anilines is 2. The molecule has 1 aromatic carbocycles. The molecule has 2 N–H and O–H groups in total. The number of nitrogens with zero attached hydrogens (tertiary/aromatic N) is 2.